The highest BCUT2D eigenvalue weighted by atomic mass is 19.1. The van der Waals surface area contributed by atoms with Gasteiger partial charge in [0.1, 0.15) is 23.3 Å². The lowest BCUT2D eigenvalue weighted by Gasteiger charge is -2.42. The molecule has 1 amide bonds. The Morgan fingerprint density at radius 1 is 1.11 bits per heavy atom. The molecule has 38 heavy (non-hydrogen) atoms. The number of aliphatic hydroxyl groups is 1. The van der Waals surface area contributed by atoms with Gasteiger partial charge in [0.05, 0.1) is 24.0 Å². The van der Waals surface area contributed by atoms with Crippen molar-refractivity contribution in [3.05, 3.63) is 77.4 Å². The molecule has 1 saturated heterocycles. The van der Waals surface area contributed by atoms with E-state index in [1.807, 2.05) is 23.1 Å². The minimum Gasteiger partial charge on any atom is -0.388 e. The zero-order valence-corrected chi connectivity index (χ0v) is 20.7. The van der Waals surface area contributed by atoms with Crippen LogP contribution in [-0.2, 0) is 11.3 Å². The Morgan fingerprint density at radius 2 is 1.87 bits per heavy atom. The topological polar surface area (TPSA) is 118 Å². The van der Waals surface area contributed by atoms with E-state index in [9.17, 15) is 19.1 Å². The number of anilines is 1. The number of amides is 1. The number of nitrogens with one attached hydrogen (secondary N) is 1. The summed E-state index contributed by atoms with van der Waals surface area (Å²) in [5.41, 5.74) is -0.476. The van der Waals surface area contributed by atoms with E-state index in [0.29, 0.717) is 42.7 Å². The predicted molar refractivity (Wildman–Crippen MR) is 138 cm³/mol. The van der Waals surface area contributed by atoms with Crippen molar-refractivity contribution in [3.8, 4) is 5.69 Å². The summed E-state index contributed by atoms with van der Waals surface area (Å²) < 4.78 is 16.2. The number of hydrogen-bond acceptors (Lipinski definition) is 7. The van der Waals surface area contributed by atoms with Crippen LogP contribution in [0.1, 0.15) is 25.7 Å². The standard InChI is InChI=1S/C27H28FN7O3/c28-19-4-6-21(7-5-19)35-24-22(15-31-35)26(37)34(17-30-24)16-27(38)8-11-33(12-9-27)25(36)18-13-20(14-18)32-23-3-1-2-10-29-23/h1-7,10,15,17-18,20,38H,8-9,11-14,16H2,(H,29,32)/t18-,20-. The van der Waals surface area contributed by atoms with Gasteiger partial charge in [-0.2, -0.15) is 5.10 Å². The highest BCUT2D eigenvalue weighted by molar-refractivity contribution is 5.80. The van der Waals surface area contributed by atoms with Crippen molar-refractivity contribution in [2.75, 3.05) is 18.4 Å². The first-order valence-electron chi connectivity index (χ1n) is 12.8. The Hall–Kier alpha value is -4.12. The Labute approximate surface area is 217 Å². The molecule has 196 valence electrons. The number of benzene rings is 1. The molecule has 0 unspecified atom stereocenters. The number of fused-ring (bicyclic) bond motifs is 1. The SMILES string of the molecule is O=c1c2cnn(-c3ccc(F)cc3)c2ncn1CC1(O)CCN(C(=O)[C@H]2C[C@H](Nc3ccccn3)C2)CC1. The van der Waals surface area contributed by atoms with Gasteiger partial charge in [-0.1, -0.05) is 6.07 Å². The number of halogens is 1. The molecule has 4 aromatic rings. The molecule has 0 bridgehead atoms. The second-order valence-corrected chi connectivity index (χ2v) is 10.2. The molecule has 10 nitrogen and oxygen atoms in total. The molecule has 2 aliphatic rings. The number of hydrogen-bond donors (Lipinski definition) is 2. The van der Waals surface area contributed by atoms with Gasteiger partial charge in [-0.05, 0) is 62.1 Å². The number of pyridine rings is 1. The van der Waals surface area contributed by atoms with E-state index in [4.69, 9.17) is 0 Å². The van der Waals surface area contributed by atoms with Gasteiger partial charge in [0.15, 0.2) is 5.65 Å². The molecule has 1 aliphatic heterocycles. The number of carbonyl (C=O) groups excluding carboxylic acids is 1. The maximum atomic E-state index is 13.3. The van der Waals surface area contributed by atoms with Crippen LogP contribution in [0.25, 0.3) is 16.7 Å². The summed E-state index contributed by atoms with van der Waals surface area (Å²) in [4.78, 5) is 36.6. The number of likely N-dealkylation sites (tertiary alicyclic amines) is 1. The molecular formula is C27H28FN7O3. The van der Waals surface area contributed by atoms with Crippen LogP contribution < -0.4 is 10.9 Å². The van der Waals surface area contributed by atoms with Crippen molar-refractivity contribution < 1.29 is 14.3 Å². The summed E-state index contributed by atoms with van der Waals surface area (Å²) in [6, 6.07) is 11.7. The van der Waals surface area contributed by atoms with E-state index in [1.165, 1.54) is 33.9 Å². The van der Waals surface area contributed by atoms with Gasteiger partial charge in [-0.15, -0.1) is 0 Å². The molecular weight excluding hydrogens is 489 g/mol. The minimum atomic E-state index is -1.12. The summed E-state index contributed by atoms with van der Waals surface area (Å²) in [5.74, 6) is 0.557. The third-order valence-electron chi connectivity index (χ3n) is 7.60. The van der Waals surface area contributed by atoms with Gasteiger partial charge in [0.25, 0.3) is 5.56 Å². The molecule has 2 fully saturated rings. The summed E-state index contributed by atoms with van der Waals surface area (Å²) in [6.07, 6.45) is 6.86. The Morgan fingerprint density at radius 3 is 2.58 bits per heavy atom. The third kappa shape index (κ3) is 4.65. The van der Waals surface area contributed by atoms with E-state index in [0.717, 1.165) is 18.7 Å². The van der Waals surface area contributed by atoms with Gasteiger partial charge in [0, 0.05) is 31.2 Å². The van der Waals surface area contributed by atoms with E-state index in [-0.39, 0.29) is 35.8 Å². The van der Waals surface area contributed by atoms with E-state index >= 15 is 0 Å². The first kappa shape index (κ1) is 24.2. The molecule has 11 heteroatoms. The van der Waals surface area contributed by atoms with Gasteiger partial charge in [-0.25, -0.2) is 19.0 Å². The molecule has 1 saturated carbocycles. The molecule has 4 heterocycles. The number of piperidine rings is 1. The van der Waals surface area contributed by atoms with Crippen molar-refractivity contribution in [2.45, 2.75) is 43.9 Å². The second kappa shape index (κ2) is 9.64. The monoisotopic (exact) mass is 517 g/mol. The van der Waals surface area contributed by atoms with Crippen LogP contribution in [0.15, 0.2) is 66.0 Å². The fourth-order valence-corrected chi connectivity index (χ4v) is 5.30. The molecule has 0 atom stereocenters. The van der Waals surface area contributed by atoms with Crippen LogP contribution in [0.4, 0.5) is 10.2 Å². The van der Waals surface area contributed by atoms with Crippen molar-refractivity contribution in [2.24, 2.45) is 5.92 Å². The lowest BCUT2D eigenvalue weighted by Crippen LogP contribution is -2.53. The van der Waals surface area contributed by atoms with E-state index in [2.05, 4.69) is 20.4 Å². The molecule has 1 aromatic carbocycles. The van der Waals surface area contributed by atoms with Gasteiger partial charge in [0.2, 0.25) is 5.91 Å². The smallest absolute Gasteiger partial charge is 0.264 e. The summed E-state index contributed by atoms with van der Waals surface area (Å²) in [6.45, 7) is 0.964. The Bertz CT molecular complexity index is 1510. The zero-order valence-electron chi connectivity index (χ0n) is 20.7. The molecule has 6 rings (SSSR count). The lowest BCUT2D eigenvalue weighted by atomic mass is 9.78. The van der Waals surface area contributed by atoms with Gasteiger partial charge >= 0.3 is 0 Å². The van der Waals surface area contributed by atoms with E-state index in [1.54, 1.807) is 18.3 Å². The Kier molecular flexibility index (Phi) is 6.15. The lowest BCUT2D eigenvalue weighted by molar-refractivity contribution is -0.143. The van der Waals surface area contributed by atoms with Crippen LogP contribution in [-0.4, -0.2) is 65.0 Å². The quantitative estimate of drug-likeness (QED) is 0.403. The minimum absolute atomic E-state index is 0.0192. The first-order valence-corrected chi connectivity index (χ1v) is 12.8. The summed E-state index contributed by atoms with van der Waals surface area (Å²) in [5, 5.41) is 19.2. The van der Waals surface area contributed by atoms with Crippen molar-refractivity contribution in [1.82, 2.24) is 29.2 Å². The summed E-state index contributed by atoms with van der Waals surface area (Å²) in [7, 11) is 0. The largest absolute Gasteiger partial charge is 0.388 e. The van der Waals surface area contributed by atoms with Crippen molar-refractivity contribution in [1.29, 1.82) is 0 Å². The van der Waals surface area contributed by atoms with Crippen LogP contribution in [0.2, 0.25) is 0 Å². The first-order chi connectivity index (χ1) is 18.4. The maximum absolute atomic E-state index is 13.3. The van der Waals surface area contributed by atoms with Crippen molar-refractivity contribution in [3.63, 3.8) is 0 Å². The fourth-order valence-electron chi connectivity index (χ4n) is 5.30. The zero-order chi connectivity index (χ0) is 26.3. The number of rotatable bonds is 6. The molecule has 0 spiro atoms. The normalized spacial score (nSPS) is 20.7. The predicted octanol–water partition coefficient (Wildman–Crippen LogP) is 2.36. The van der Waals surface area contributed by atoms with Gasteiger partial charge < -0.3 is 15.3 Å². The Balaban J connectivity index is 1.07. The maximum Gasteiger partial charge on any atom is 0.264 e. The van der Waals surface area contributed by atoms with E-state index < -0.39 is 5.60 Å². The second-order valence-electron chi connectivity index (χ2n) is 10.2. The highest BCUT2D eigenvalue weighted by Gasteiger charge is 2.40. The number of nitrogens with zero attached hydrogens (tertiary/aromatic N) is 6. The van der Waals surface area contributed by atoms with Crippen LogP contribution in [0, 0.1) is 11.7 Å². The van der Waals surface area contributed by atoms with Crippen molar-refractivity contribution >= 4 is 22.8 Å². The molecule has 1 aliphatic carbocycles. The summed E-state index contributed by atoms with van der Waals surface area (Å²) >= 11 is 0. The van der Waals surface area contributed by atoms with Gasteiger partial charge in [-0.3, -0.25) is 14.2 Å². The highest BCUT2D eigenvalue weighted by Crippen LogP contribution is 2.33. The van der Waals surface area contributed by atoms with Crippen LogP contribution >= 0.6 is 0 Å². The fraction of sp³-hybridized carbons (Fsp3) is 0.370. The van der Waals surface area contributed by atoms with Crippen LogP contribution in [0.3, 0.4) is 0 Å². The van der Waals surface area contributed by atoms with Crippen LogP contribution in [0.5, 0.6) is 0 Å². The number of carbonyl (C=O) groups is 1. The average molecular weight is 518 g/mol. The molecule has 3 aromatic heterocycles. The number of aromatic nitrogens is 5. The average Bonchev–Trinajstić information content (AvgIpc) is 3.34. The molecule has 2 N–H and O–H groups in total. The third-order valence-corrected chi connectivity index (χ3v) is 7.60. The molecule has 0 radical (unpaired) electrons.